The summed E-state index contributed by atoms with van der Waals surface area (Å²) in [5.74, 6) is 1.39. The van der Waals surface area contributed by atoms with Gasteiger partial charge < -0.3 is 14.6 Å². The maximum atomic E-state index is 6.23. The Hall–Kier alpha value is -3.64. The summed E-state index contributed by atoms with van der Waals surface area (Å²) in [6.45, 7) is 8.47. The number of aromatic nitrogens is 1. The van der Waals surface area contributed by atoms with Crippen molar-refractivity contribution < 1.29 is 4.74 Å². The van der Waals surface area contributed by atoms with Crippen LogP contribution >= 0.6 is 12.2 Å². The predicted molar refractivity (Wildman–Crippen MR) is 149 cm³/mol. The van der Waals surface area contributed by atoms with Crippen molar-refractivity contribution in [3.8, 4) is 5.75 Å². The number of hydrazone groups is 1. The van der Waals surface area contributed by atoms with Gasteiger partial charge in [0.25, 0.3) is 0 Å². The van der Waals surface area contributed by atoms with E-state index in [1.165, 1.54) is 11.1 Å². The van der Waals surface area contributed by atoms with Crippen molar-refractivity contribution in [2.75, 3.05) is 6.61 Å². The molecule has 0 saturated heterocycles. The summed E-state index contributed by atoms with van der Waals surface area (Å²) < 4.78 is 8.44. The molecule has 0 radical (unpaired) electrons. The van der Waals surface area contributed by atoms with E-state index in [2.05, 4.69) is 95.9 Å². The number of rotatable bonds is 9. The molecule has 0 aliphatic heterocycles. The molecular weight excluding hydrogens is 452 g/mol. The largest absolute Gasteiger partial charge is 0.491 e. The molecule has 0 amide bonds. The van der Waals surface area contributed by atoms with Crippen molar-refractivity contribution in [1.82, 2.24) is 15.3 Å². The van der Waals surface area contributed by atoms with Gasteiger partial charge in [0.15, 0.2) is 5.11 Å². The van der Waals surface area contributed by atoms with Gasteiger partial charge in [-0.05, 0) is 53.9 Å². The monoisotopic (exact) mass is 484 g/mol. The van der Waals surface area contributed by atoms with Crippen molar-refractivity contribution in [3.05, 3.63) is 101 Å². The summed E-state index contributed by atoms with van der Waals surface area (Å²) in [6, 6.07) is 24.9. The first kappa shape index (κ1) is 24.5. The molecular formula is C29H32N4OS. The van der Waals surface area contributed by atoms with Crippen LogP contribution in [-0.4, -0.2) is 22.5 Å². The molecule has 180 valence electrons. The smallest absolute Gasteiger partial charge is 0.187 e. The van der Waals surface area contributed by atoms with Gasteiger partial charge in [0.1, 0.15) is 12.4 Å². The number of benzene rings is 3. The fraction of sp³-hybridized carbons (Fsp3) is 0.241. The summed E-state index contributed by atoms with van der Waals surface area (Å²) >= 11 is 5.35. The van der Waals surface area contributed by atoms with Gasteiger partial charge >= 0.3 is 0 Å². The van der Waals surface area contributed by atoms with E-state index in [9.17, 15) is 0 Å². The van der Waals surface area contributed by atoms with Crippen LogP contribution in [-0.2, 0) is 13.1 Å². The van der Waals surface area contributed by atoms with Gasteiger partial charge in [-0.25, -0.2) is 0 Å². The van der Waals surface area contributed by atoms with Gasteiger partial charge in [0, 0.05) is 29.2 Å². The van der Waals surface area contributed by atoms with Gasteiger partial charge in [0.05, 0.1) is 12.8 Å². The Balaban J connectivity index is 1.39. The Morgan fingerprint density at radius 2 is 1.83 bits per heavy atom. The van der Waals surface area contributed by atoms with Crippen LogP contribution in [0.1, 0.15) is 42.0 Å². The SMILES string of the molecule is Cc1ccc(C(C)C)c(OCCn2cc(C=NNC(=S)NCc3ccccc3)c3ccccc32)c1. The van der Waals surface area contributed by atoms with E-state index in [-0.39, 0.29) is 0 Å². The predicted octanol–water partition coefficient (Wildman–Crippen LogP) is 6.15. The minimum atomic E-state index is 0.418. The molecule has 0 fully saturated rings. The Kier molecular flexibility index (Phi) is 8.16. The van der Waals surface area contributed by atoms with Crippen LogP contribution in [0.15, 0.2) is 84.1 Å². The lowest BCUT2D eigenvalue weighted by Crippen LogP contribution is -2.31. The van der Waals surface area contributed by atoms with Gasteiger partial charge in [-0.3, -0.25) is 5.43 Å². The molecule has 1 heterocycles. The summed E-state index contributed by atoms with van der Waals surface area (Å²) in [4.78, 5) is 0. The molecule has 6 heteroatoms. The number of hydrogen-bond acceptors (Lipinski definition) is 3. The lowest BCUT2D eigenvalue weighted by molar-refractivity contribution is 0.296. The summed E-state index contributed by atoms with van der Waals surface area (Å²) in [7, 11) is 0. The fourth-order valence-electron chi connectivity index (χ4n) is 4.04. The molecule has 5 nitrogen and oxygen atoms in total. The Bertz CT molecular complexity index is 1310. The molecule has 35 heavy (non-hydrogen) atoms. The van der Waals surface area contributed by atoms with E-state index in [4.69, 9.17) is 17.0 Å². The lowest BCUT2D eigenvalue weighted by Gasteiger charge is -2.15. The minimum Gasteiger partial charge on any atom is -0.491 e. The molecule has 0 saturated carbocycles. The van der Waals surface area contributed by atoms with Crippen molar-refractivity contribution in [1.29, 1.82) is 0 Å². The number of fused-ring (bicyclic) bond motifs is 1. The molecule has 1 aromatic heterocycles. The second-order valence-electron chi connectivity index (χ2n) is 8.88. The highest BCUT2D eigenvalue weighted by Crippen LogP contribution is 2.28. The van der Waals surface area contributed by atoms with Crippen LogP contribution < -0.4 is 15.5 Å². The second-order valence-corrected chi connectivity index (χ2v) is 9.29. The molecule has 0 unspecified atom stereocenters. The van der Waals surface area contributed by atoms with Crippen molar-refractivity contribution in [2.24, 2.45) is 5.10 Å². The number of ether oxygens (including phenoxy) is 1. The van der Waals surface area contributed by atoms with Crippen LogP contribution in [0.4, 0.5) is 0 Å². The molecule has 4 aromatic rings. The Morgan fingerprint density at radius 3 is 2.63 bits per heavy atom. The first-order valence-electron chi connectivity index (χ1n) is 11.9. The van der Waals surface area contributed by atoms with E-state index >= 15 is 0 Å². The third-order valence-electron chi connectivity index (χ3n) is 5.87. The van der Waals surface area contributed by atoms with Crippen molar-refractivity contribution >= 4 is 34.4 Å². The molecule has 0 spiro atoms. The zero-order valence-corrected chi connectivity index (χ0v) is 21.3. The van der Waals surface area contributed by atoms with Crippen LogP contribution in [0.25, 0.3) is 10.9 Å². The molecule has 0 bridgehead atoms. The molecule has 0 aliphatic rings. The molecule has 4 rings (SSSR count). The van der Waals surface area contributed by atoms with Crippen molar-refractivity contribution in [2.45, 2.75) is 39.8 Å². The molecule has 3 aromatic carbocycles. The highest BCUT2D eigenvalue weighted by atomic mass is 32.1. The Labute approximate surface area is 212 Å². The normalized spacial score (nSPS) is 11.3. The first-order chi connectivity index (χ1) is 17.0. The summed E-state index contributed by atoms with van der Waals surface area (Å²) in [5, 5.41) is 9.16. The maximum absolute atomic E-state index is 6.23. The number of aryl methyl sites for hydroxylation is 1. The standard InChI is InChI=1S/C29H32N4OS/c1-21(2)25-14-13-22(3)17-28(25)34-16-15-33-20-24(26-11-7-8-12-27(26)33)19-31-32-29(35)30-18-23-9-5-4-6-10-23/h4-14,17,19-21H,15-16,18H2,1-3H3,(H2,30,32,35). The zero-order chi connectivity index (χ0) is 24.6. The minimum absolute atomic E-state index is 0.418. The molecule has 2 N–H and O–H groups in total. The fourth-order valence-corrected chi connectivity index (χ4v) is 4.16. The Morgan fingerprint density at radius 1 is 1.06 bits per heavy atom. The average Bonchev–Trinajstić information content (AvgIpc) is 3.21. The van der Waals surface area contributed by atoms with Crippen LogP contribution in [0.5, 0.6) is 5.75 Å². The maximum Gasteiger partial charge on any atom is 0.187 e. The van der Waals surface area contributed by atoms with E-state index in [0.29, 0.717) is 24.2 Å². The first-order valence-corrected chi connectivity index (χ1v) is 12.3. The zero-order valence-electron chi connectivity index (χ0n) is 20.5. The third-order valence-corrected chi connectivity index (χ3v) is 6.10. The van der Waals surface area contributed by atoms with Crippen LogP contribution in [0.3, 0.4) is 0 Å². The third kappa shape index (κ3) is 6.49. The van der Waals surface area contributed by atoms with E-state index in [1.54, 1.807) is 0 Å². The average molecular weight is 485 g/mol. The van der Waals surface area contributed by atoms with Gasteiger partial charge in [0.2, 0.25) is 0 Å². The lowest BCUT2D eigenvalue weighted by atomic mass is 10.0. The molecule has 0 atom stereocenters. The second kappa shape index (κ2) is 11.7. The van der Waals surface area contributed by atoms with Crippen LogP contribution in [0.2, 0.25) is 0 Å². The number of nitrogens with zero attached hydrogens (tertiary/aromatic N) is 2. The highest BCUT2D eigenvalue weighted by Gasteiger charge is 2.10. The summed E-state index contributed by atoms with van der Waals surface area (Å²) in [6.07, 6.45) is 3.92. The van der Waals surface area contributed by atoms with E-state index in [1.807, 2.05) is 30.5 Å². The van der Waals surface area contributed by atoms with Crippen LogP contribution in [0, 0.1) is 6.92 Å². The van der Waals surface area contributed by atoms with E-state index in [0.717, 1.165) is 34.3 Å². The van der Waals surface area contributed by atoms with E-state index < -0.39 is 0 Å². The highest BCUT2D eigenvalue weighted by molar-refractivity contribution is 7.80. The number of hydrogen-bond donors (Lipinski definition) is 2. The van der Waals surface area contributed by atoms with Gasteiger partial charge in [-0.1, -0.05) is 74.5 Å². The van der Waals surface area contributed by atoms with Gasteiger partial charge in [-0.2, -0.15) is 5.10 Å². The quantitative estimate of drug-likeness (QED) is 0.170. The number of para-hydroxylation sites is 1. The van der Waals surface area contributed by atoms with Crippen molar-refractivity contribution in [3.63, 3.8) is 0 Å². The topological polar surface area (TPSA) is 50.6 Å². The number of thiocarbonyl (C=S) groups is 1. The number of nitrogens with one attached hydrogen (secondary N) is 2. The van der Waals surface area contributed by atoms with Gasteiger partial charge in [-0.15, -0.1) is 0 Å². The molecule has 0 aliphatic carbocycles. The summed E-state index contributed by atoms with van der Waals surface area (Å²) in [5.41, 5.74) is 8.70.